The molecule has 0 spiro atoms. The van der Waals surface area contributed by atoms with E-state index in [0.717, 1.165) is 31.5 Å². The summed E-state index contributed by atoms with van der Waals surface area (Å²) in [6.45, 7) is 3.04. The van der Waals surface area contributed by atoms with Crippen LogP contribution in [0, 0.1) is 0 Å². The number of carbonyl (C=O) groups is 1. The number of carboxylic acid groups (broad SMARTS) is 1. The molecule has 1 N–H and O–H groups in total. The lowest BCUT2D eigenvalue weighted by Gasteiger charge is -2.06. The SMILES string of the molecule is CCCCCCCCCCn1nnc(C(=O)O)c1C1CC1. The molecule has 0 amide bonds. The number of aromatic nitrogens is 3. The molecule has 1 aromatic heterocycles. The number of nitrogens with zero attached hydrogens (tertiary/aromatic N) is 3. The minimum Gasteiger partial charge on any atom is -0.476 e. The van der Waals surface area contributed by atoms with Crippen LogP contribution in [-0.2, 0) is 6.54 Å². The topological polar surface area (TPSA) is 68.0 Å². The van der Waals surface area contributed by atoms with E-state index in [2.05, 4.69) is 17.2 Å². The first-order valence-electron chi connectivity index (χ1n) is 8.40. The second-order valence-corrected chi connectivity index (χ2v) is 6.10. The van der Waals surface area contributed by atoms with E-state index in [1.807, 2.05) is 4.68 Å². The Morgan fingerprint density at radius 1 is 1.14 bits per heavy atom. The number of hydrogen-bond donors (Lipinski definition) is 1. The van der Waals surface area contributed by atoms with Crippen LogP contribution in [0.5, 0.6) is 0 Å². The van der Waals surface area contributed by atoms with Crippen molar-refractivity contribution in [2.75, 3.05) is 0 Å². The average Bonchev–Trinajstić information content (AvgIpc) is 3.21. The van der Waals surface area contributed by atoms with Gasteiger partial charge in [0.25, 0.3) is 0 Å². The highest BCUT2D eigenvalue weighted by Crippen LogP contribution is 2.41. The van der Waals surface area contributed by atoms with Crippen LogP contribution in [0.25, 0.3) is 0 Å². The van der Waals surface area contributed by atoms with Crippen molar-refractivity contribution in [2.45, 2.75) is 83.6 Å². The minimum atomic E-state index is -0.945. The molecule has 5 nitrogen and oxygen atoms in total. The fourth-order valence-electron chi connectivity index (χ4n) is 2.79. The number of unbranched alkanes of at least 4 members (excludes halogenated alkanes) is 7. The van der Waals surface area contributed by atoms with Gasteiger partial charge in [0.15, 0.2) is 5.69 Å². The van der Waals surface area contributed by atoms with Crippen LogP contribution >= 0.6 is 0 Å². The van der Waals surface area contributed by atoms with Gasteiger partial charge in [-0.05, 0) is 19.3 Å². The van der Waals surface area contributed by atoms with E-state index in [9.17, 15) is 4.79 Å². The molecule has 21 heavy (non-hydrogen) atoms. The maximum absolute atomic E-state index is 11.2. The van der Waals surface area contributed by atoms with Crippen molar-refractivity contribution in [3.05, 3.63) is 11.4 Å². The monoisotopic (exact) mass is 293 g/mol. The second-order valence-electron chi connectivity index (χ2n) is 6.10. The predicted molar refractivity (Wildman–Crippen MR) is 81.6 cm³/mol. The number of aryl methyl sites for hydroxylation is 1. The van der Waals surface area contributed by atoms with Gasteiger partial charge in [-0.25, -0.2) is 9.48 Å². The Morgan fingerprint density at radius 3 is 2.33 bits per heavy atom. The van der Waals surface area contributed by atoms with Crippen molar-refractivity contribution in [2.24, 2.45) is 0 Å². The molecule has 1 aromatic rings. The molecule has 1 aliphatic carbocycles. The van der Waals surface area contributed by atoms with Crippen molar-refractivity contribution in [3.63, 3.8) is 0 Å². The molecule has 1 saturated carbocycles. The third-order valence-electron chi connectivity index (χ3n) is 4.16. The van der Waals surface area contributed by atoms with Gasteiger partial charge in [-0.15, -0.1) is 5.10 Å². The van der Waals surface area contributed by atoms with Crippen LogP contribution in [0.3, 0.4) is 0 Å². The zero-order chi connectivity index (χ0) is 15.1. The van der Waals surface area contributed by atoms with Crippen molar-refractivity contribution >= 4 is 5.97 Å². The van der Waals surface area contributed by atoms with Crippen molar-refractivity contribution in [3.8, 4) is 0 Å². The summed E-state index contributed by atoms with van der Waals surface area (Å²) in [5.41, 5.74) is 1.02. The molecule has 1 fully saturated rings. The normalized spacial score (nSPS) is 14.5. The number of carboxylic acids is 1. The van der Waals surface area contributed by atoms with Gasteiger partial charge in [0, 0.05) is 12.5 Å². The minimum absolute atomic E-state index is 0.164. The van der Waals surface area contributed by atoms with Crippen LogP contribution in [0.4, 0.5) is 0 Å². The Hall–Kier alpha value is -1.39. The molecule has 0 aliphatic heterocycles. The Labute approximate surface area is 126 Å². The molecular formula is C16H27N3O2. The molecule has 118 valence electrons. The molecule has 1 aliphatic rings. The van der Waals surface area contributed by atoms with Gasteiger partial charge < -0.3 is 5.11 Å². The molecule has 0 radical (unpaired) electrons. The number of aromatic carboxylic acids is 1. The standard InChI is InChI=1S/C16H27N3O2/c1-2-3-4-5-6-7-8-9-12-19-15(13-10-11-13)14(16(20)21)17-18-19/h13H,2-12H2,1H3,(H,20,21). The summed E-state index contributed by atoms with van der Waals surface area (Å²) in [7, 11) is 0. The second kappa shape index (κ2) is 8.15. The fraction of sp³-hybridized carbons (Fsp3) is 0.812. The molecule has 2 rings (SSSR count). The van der Waals surface area contributed by atoms with E-state index in [-0.39, 0.29) is 5.69 Å². The van der Waals surface area contributed by atoms with Crippen molar-refractivity contribution < 1.29 is 9.90 Å². The number of hydrogen-bond acceptors (Lipinski definition) is 3. The fourth-order valence-corrected chi connectivity index (χ4v) is 2.79. The lowest BCUT2D eigenvalue weighted by Crippen LogP contribution is -2.07. The van der Waals surface area contributed by atoms with Gasteiger partial charge in [0.2, 0.25) is 0 Å². The quantitative estimate of drug-likeness (QED) is 0.626. The van der Waals surface area contributed by atoms with Crippen LogP contribution in [0.2, 0.25) is 0 Å². The Kier molecular flexibility index (Phi) is 6.21. The van der Waals surface area contributed by atoms with Gasteiger partial charge in [0.05, 0.1) is 5.69 Å². The maximum atomic E-state index is 11.2. The molecule has 1 heterocycles. The van der Waals surface area contributed by atoms with Gasteiger partial charge >= 0.3 is 5.97 Å². The molecular weight excluding hydrogens is 266 g/mol. The largest absolute Gasteiger partial charge is 0.476 e. The smallest absolute Gasteiger partial charge is 0.358 e. The van der Waals surface area contributed by atoms with Crippen LogP contribution in [0.15, 0.2) is 0 Å². The summed E-state index contributed by atoms with van der Waals surface area (Å²) >= 11 is 0. The van der Waals surface area contributed by atoms with Gasteiger partial charge in [-0.1, -0.05) is 57.1 Å². The van der Waals surface area contributed by atoms with Gasteiger partial charge in [-0.3, -0.25) is 0 Å². The summed E-state index contributed by atoms with van der Waals surface area (Å²) in [5, 5.41) is 17.0. The van der Waals surface area contributed by atoms with Gasteiger partial charge in [-0.2, -0.15) is 0 Å². The first kappa shape index (κ1) is 16.0. The molecule has 0 atom stereocenters. The van der Waals surface area contributed by atoms with E-state index >= 15 is 0 Å². The lowest BCUT2D eigenvalue weighted by atomic mass is 10.1. The Balaban J connectivity index is 1.70. The molecule has 0 bridgehead atoms. The first-order valence-corrected chi connectivity index (χ1v) is 8.40. The number of rotatable bonds is 11. The molecule has 0 unspecified atom stereocenters. The van der Waals surface area contributed by atoms with E-state index in [1.54, 1.807) is 0 Å². The van der Waals surface area contributed by atoms with Crippen molar-refractivity contribution in [1.29, 1.82) is 0 Å². The highest BCUT2D eigenvalue weighted by molar-refractivity contribution is 5.86. The summed E-state index contributed by atoms with van der Waals surface area (Å²) in [6, 6.07) is 0. The highest BCUT2D eigenvalue weighted by Gasteiger charge is 2.33. The highest BCUT2D eigenvalue weighted by atomic mass is 16.4. The van der Waals surface area contributed by atoms with Crippen LogP contribution < -0.4 is 0 Å². The summed E-state index contributed by atoms with van der Waals surface area (Å²) in [6.07, 6.45) is 12.3. The van der Waals surface area contributed by atoms with E-state index < -0.39 is 5.97 Å². The van der Waals surface area contributed by atoms with Crippen LogP contribution in [-0.4, -0.2) is 26.1 Å². The predicted octanol–water partition coefficient (Wildman–Crippen LogP) is 3.99. The molecule has 0 saturated heterocycles. The third kappa shape index (κ3) is 4.83. The van der Waals surface area contributed by atoms with Crippen molar-refractivity contribution in [1.82, 2.24) is 15.0 Å². The Bertz CT molecular complexity index is 452. The zero-order valence-corrected chi connectivity index (χ0v) is 13.1. The summed E-state index contributed by atoms with van der Waals surface area (Å²) < 4.78 is 1.83. The van der Waals surface area contributed by atoms with E-state index in [1.165, 1.54) is 44.9 Å². The lowest BCUT2D eigenvalue weighted by molar-refractivity contribution is 0.0689. The molecule has 0 aromatic carbocycles. The van der Waals surface area contributed by atoms with Gasteiger partial charge in [0.1, 0.15) is 0 Å². The maximum Gasteiger partial charge on any atom is 0.358 e. The average molecular weight is 293 g/mol. The summed E-state index contributed by atoms with van der Waals surface area (Å²) in [4.78, 5) is 11.2. The Morgan fingerprint density at radius 2 is 1.76 bits per heavy atom. The molecule has 5 heteroatoms. The van der Waals surface area contributed by atoms with E-state index in [0.29, 0.717) is 5.92 Å². The van der Waals surface area contributed by atoms with Crippen LogP contribution in [0.1, 0.15) is 93.2 Å². The third-order valence-corrected chi connectivity index (χ3v) is 4.16. The first-order chi connectivity index (χ1) is 10.2. The zero-order valence-electron chi connectivity index (χ0n) is 13.1. The summed E-state index contributed by atoms with van der Waals surface area (Å²) in [5.74, 6) is -0.570. The van der Waals surface area contributed by atoms with E-state index in [4.69, 9.17) is 5.11 Å².